The van der Waals surface area contributed by atoms with Crippen LogP contribution in [-0.2, 0) is 4.74 Å². The van der Waals surface area contributed by atoms with Crippen LogP contribution in [0.2, 0.25) is 5.02 Å². The van der Waals surface area contributed by atoms with Crippen molar-refractivity contribution in [2.45, 2.75) is 31.2 Å². The predicted octanol–water partition coefficient (Wildman–Crippen LogP) is 1.91. The molecule has 0 radical (unpaired) electrons. The lowest BCUT2D eigenvalue weighted by Gasteiger charge is -2.32. The van der Waals surface area contributed by atoms with E-state index < -0.39 is 6.10 Å². The Kier molecular flexibility index (Phi) is 3.82. The summed E-state index contributed by atoms with van der Waals surface area (Å²) in [4.78, 5) is 0. The predicted molar refractivity (Wildman–Crippen MR) is 61.4 cm³/mol. The van der Waals surface area contributed by atoms with Crippen molar-refractivity contribution >= 4 is 11.6 Å². The topological polar surface area (TPSA) is 49.7 Å². The lowest BCUT2D eigenvalue weighted by atomic mass is 9.96. The van der Waals surface area contributed by atoms with Crippen molar-refractivity contribution in [2.75, 3.05) is 6.61 Å². The molecule has 1 aromatic rings. The maximum absolute atomic E-state index is 9.68. The van der Waals surface area contributed by atoms with Gasteiger partial charge in [0.2, 0.25) is 0 Å². The summed E-state index contributed by atoms with van der Waals surface area (Å²) in [6, 6.07) is 7.38. The SMILES string of the molecule is OCC1CC(O)CC(c2ccc(Cl)cc2)O1. The van der Waals surface area contributed by atoms with Gasteiger partial charge in [-0.1, -0.05) is 23.7 Å². The summed E-state index contributed by atoms with van der Waals surface area (Å²) in [5.74, 6) is 0. The molecule has 0 spiro atoms. The second-order valence-corrected chi connectivity index (χ2v) is 4.54. The van der Waals surface area contributed by atoms with Gasteiger partial charge in [0.05, 0.1) is 24.9 Å². The van der Waals surface area contributed by atoms with E-state index in [1.165, 1.54) is 0 Å². The van der Waals surface area contributed by atoms with Crippen LogP contribution in [-0.4, -0.2) is 29.0 Å². The molecule has 0 amide bonds. The fourth-order valence-corrected chi connectivity index (χ4v) is 2.13. The minimum Gasteiger partial charge on any atom is -0.394 e. The Bertz CT molecular complexity index is 339. The van der Waals surface area contributed by atoms with Gasteiger partial charge in [0, 0.05) is 17.9 Å². The summed E-state index contributed by atoms with van der Waals surface area (Å²) in [7, 11) is 0. The van der Waals surface area contributed by atoms with Gasteiger partial charge in [-0.15, -0.1) is 0 Å². The summed E-state index contributed by atoms with van der Waals surface area (Å²) in [5, 5.41) is 19.4. The Hall–Kier alpha value is -0.610. The maximum Gasteiger partial charge on any atom is 0.0854 e. The fraction of sp³-hybridized carbons (Fsp3) is 0.500. The van der Waals surface area contributed by atoms with Crippen LogP contribution in [0.25, 0.3) is 0 Å². The first-order valence-corrected chi connectivity index (χ1v) is 5.76. The smallest absolute Gasteiger partial charge is 0.0854 e. The van der Waals surface area contributed by atoms with Gasteiger partial charge in [-0.05, 0) is 17.7 Å². The van der Waals surface area contributed by atoms with Gasteiger partial charge in [-0.25, -0.2) is 0 Å². The van der Waals surface area contributed by atoms with Crippen molar-refractivity contribution in [1.82, 2.24) is 0 Å². The molecule has 3 unspecified atom stereocenters. The molecule has 0 bridgehead atoms. The molecular formula is C12H15ClO3. The van der Waals surface area contributed by atoms with Crippen molar-refractivity contribution < 1.29 is 14.9 Å². The normalized spacial score (nSPS) is 30.3. The van der Waals surface area contributed by atoms with Gasteiger partial charge in [-0.3, -0.25) is 0 Å². The molecule has 1 aliphatic rings. The maximum atomic E-state index is 9.68. The van der Waals surface area contributed by atoms with Crippen molar-refractivity contribution in [1.29, 1.82) is 0 Å². The van der Waals surface area contributed by atoms with E-state index in [4.69, 9.17) is 21.4 Å². The standard InChI is InChI=1S/C12H15ClO3/c13-9-3-1-8(2-4-9)12-6-10(15)5-11(7-14)16-12/h1-4,10-12,14-15H,5-7H2. The van der Waals surface area contributed by atoms with E-state index in [-0.39, 0.29) is 18.8 Å². The second kappa shape index (κ2) is 5.15. The Morgan fingerprint density at radius 3 is 2.56 bits per heavy atom. The van der Waals surface area contributed by atoms with Crippen LogP contribution in [0.3, 0.4) is 0 Å². The minimum absolute atomic E-state index is 0.0544. The van der Waals surface area contributed by atoms with E-state index in [2.05, 4.69) is 0 Å². The van der Waals surface area contributed by atoms with Gasteiger partial charge < -0.3 is 14.9 Å². The molecule has 0 aliphatic carbocycles. The van der Waals surface area contributed by atoms with Crippen molar-refractivity contribution in [3.63, 3.8) is 0 Å². The summed E-state index contributed by atoms with van der Waals surface area (Å²) in [5.41, 5.74) is 0.988. The van der Waals surface area contributed by atoms with E-state index in [9.17, 15) is 5.11 Å². The first-order chi connectivity index (χ1) is 7.69. The quantitative estimate of drug-likeness (QED) is 0.833. The van der Waals surface area contributed by atoms with Crippen molar-refractivity contribution in [3.05, 3.63) is 34.9 Å². The highest BCUT2D eigenvalue weighted by Crippen LogP contribution is 2.31. The van der Waals surface area contributed by atoms with Crippen LogP contribution in [0.4, 0.5) is 0 Å². The molecule has 2 rings (SSSR count). The zero-order chi connectivity index (χ0) is 11.5. The Morgan fingerprint density at radius 2 is 1.94 bits per heavy atom. The summed E-state index contributed by atoms with van der Waals surface area (Å²) >= 11 is 5.81. The second-order valence-electron chi connectivity index (χ2n) is 4.11. The molecule has 3 atom stereocenters. The third-order valence-electron chi connectivity index (χ3n) is 2.82. The average molecular weight is 243 g/mol. The Morgan fingerprint density at radius 1 is 1.25 bits per heavy atom. The third-order valence-corrected chi connectivity index (χ3v) is 3.08. The lowest BCUT2D eigenvalue weighted by molar-refractivity contribution is -0.113. The highest BCUT2D eigenvalue weighted by atomic mass is 35.5. The van der Waals surface area contributed by atoms with Gasteiger partial charge in [0.1, 0.15) is 0 Å². The molecule has 0 saturated carbocycles. The zero-order valence-corrected chi connectivity index (χ0v) is 9.60. The largest absolute Gasteiger partial charge is 0.394 e. The third kappa shape index (κ3) is 2.74. The fourth-order valence-electron chi connectivity index (χ4n) is 2.00. The molecule has 0 aromatic heterocycles. The Labute approximate surface area is 99.6 Å². The van der Waals surface area contributed by atoms with E-state index in [1.807, 2.05) is 12.1 Å². The molecule has 4 heteroatoms. The van der Waals surface area contributed by atoms with Crippen LogP contribution in [0.5, 0.6) is 0 Å². The molecule has 3 nitrogen and oxygen atoms in total. The molecule has 1 saturated heterocycles. The number of halogens is 1. The van der Waals surface area contributed by atoms with E-state index in [0.717, 1.165) is 5.56 Å². The molecule has 2 N–H and O–H groups in total. The van der Waals surface area contributed by atoms with E-state index in [1.54, 1.807) is 12.1 Å². The van der Waals surface area contributed by atoms with Gasteiger partial charge >= 0.3 is 0 Å². The highest BCUT2D eigenvalue weighted by molar-refractivity contribution is 6.30. The summed E-state index contributed by atoms with van der Waals surface area (Å²) in [6.07, 6.45) is 0.229. The van der Waals surface area contributed by atoms with Crippen LogP contribution >= 0.6 is 11.6 Å². The van der Waals surface area contributed by atoms with Crippen LogP contribution in [0.15, 0.2) is 24.3 Å². The molecule has 88 valence electrons. The number of aliphatic hydroxyl groups is 2. The lowest BCUT2D eigenvalue weighted by Crippen LogP contribution is -2.33. The molecule has 1 aromatic carbocycles. The number of ether oxygens (including phenoxy) is 1. The van der Waals surface area contributed by atoms with Gasteiger partial charge in [0.15, 0.2) is 0 Å². The van der Waals surface area contributed by atoms with Crippen molar-refractivity contribution in [2.24, 2.45) is 0 Å². The molecule has 16 heavy (non-hydrogen) atoms. The van der Waals surface area contributed by atoms with E-state index >= 15 is 0 Å². The minimum atomic E-state index is -0.411. The van der Waals surface area contributed by atoms with Crippen LogP contribution in [0.1, 0.15) is 24.5 Å². The van der Waals surface area contributed by atoms with Gasteiger partial charge in [-0.2, -0.15) is 0 Å². The summed E-state index contributed by atoms with van der Waals surface area (Å²) in [6.45, 7) is -0.0544. The molecule has 1 aliphatic heterocycles. The van der Waals surface area contributed by atoms with Crippen molar-refractivity contribution in [3.8, 4) is 0 Å². The summed E-state index contributed by atoms with van der Waals surface area (Å²) < 4.78 is 5.68. The van der Waals surface area contributed by atoms with Gasteiger partial charge in [0.25, 0.3) is 0 Å². The van der Waals surface area contributed by atoms with Crippen LogP contribution < -0.4 is 0 Å². The molecular weight excluding hydrogens is 228 g/mol. The number of benzene rings is 1. The van der Waals surface area contributed by atoms with E-state index in [0.29, 0.717) is 17.9 Å². The highest BCUT2D eigenvalue weighted by Gasteiger charge is 2.28. The number of rotatable bonds is 2. The first kappa shape index (κ1) is 11.9. The molecule has 1 fully saturated rings. The number of aliphatic hydroxyl groups excluding tert-OH is 2. The zero-order valence-electron chi connectivity index (χ0n) is 8.84. The first-order valence-electron chi connectivity index (χ1n) is 5.39. The number of hydrogen-bond donors (Lipinski definition) is 2. The monoisotopic (exact) mass is 242 g/mol. The Balaban J connectivity index is 2.11. The number of hydrogen-bond acceptors (Lipinski definition) is 3. The van der Waals surface area contributed by atoms with Crippen LogP contribution in [0, 0.1) is 0 Å². The average Bonchev–Trinajstić information content (AvgIpc) is 2.29. The molecule has 1 heterocycles.